The van der Waals surface area contributed by atoms with Crippen molar-refractivity contribution < 1.29 is 80.2 Å². The van der Waals surface area contributed by atoms with Crippen molar-refractivity contribution in [2.45, 2.75) is 408 Å². The molecule has 0 aliphatic rings. The summed E-state index contributed by atoms with van der Waals surface area (Å²) in [6.45, 7) is 14.1. The molecule has 0 aromatic rings. The first-order chi connectivity index (χ1) is 46.1. The van der Waals surface area contributed by atoms with Gasteiger partial charge in [0.25, 0.3) is 0 Å². The van der Waals surface area contributed by atoms with Crippen molar-refractivity contribution in [2.24, 2.45) is 23.7 Å². The minimum atomic E-state index is -4.96. The molecular weight excluding hydrogens is 1260 g/mol. The first kappa shape index (κ1) is 94.1. The van der Waals surface area contributed by atoms with Gasteiger partial charge in [-0.3, -0.25) is 37.3 Å². The van der Waals surface area contributed by atoms with Crippen LogP contribution in [0.2, 0.25) is 0 Å². The maximum absolute atomic E-state index is 13.1. The highest BCUT2D eigenvalue weighted by Gasteiger charge is 2.30. The third-order valence-electron chi connectivity index (χ3n) is 18.2. The molecule has 570 valence electrons. The van der Waals surface area contributed by atoms with Crippen LogP contribution in [0.4, 0.5) is 0 Å². The van der Waals surface area contributed by atoms with Crippen LogP contribution in [0.15, 0.2) is 0 Å². The minimum Gasteiger partial charge on any atom is -0.462 e. The summed E-state index contributed by atoms with van der Waals surface area (Å²) in [6.07, 6.45) is 51.6. The molecule has 0 aromatic carbocycles. The summed E-state index contributed by atoms with van der Waals surface area (Å²) in [7, 11) is -9.91. The van der Waals surface area contributed by atoms with E-state index in [9.17, 15) is 43.2 Å². The molecule has 0 bridgehead atoms. The molecule has 0 rings (SSSR count). The van der Waals surface area contributed by atoms with Gasteiger partial charge in [0, 0.05) is 25.7 Å². The van der Waals surface area contributed by atoms with E-state index in [-0.39, 0.29) is 25.7 Å². The molecule has 0 aromatic heterocycles. The molecule has 0 fully saturated rings. The SMILES string of the molecule is CCC(C)CCCCCCCCC(=O)O[C@H](COC(=O)CCCCCCCCCCCCCCCCCCCCC(C)C)COP(=O)(O)OCC(O)COP(=O)(O)OC[C@@H](COC(=O)CCCCCCCCCC(C)C)OC(=O)CCCCCCCCCCCCCCC(C)C. The number of unbranched alkanes of at least 4 members (excludes halogenated alkanes) is 39. The topological polar surface area (TPSA) is 237 Å². The fourth-order valence-electron chi connectivity index (χ4n) is 11.7. The molecular formula is C77H150O17P2. The average Bonchev–Trinajstić information content (AvgIpc) is 2.74. The van der Waals surface area contributed by atoms with E-state index in [0.717, 1.165) is 114 Å². The smallest absolute Gasteiger partial charge is 0.462 e. The molecule has 0 saturated carbocycles. The van der Waals surface area contributed by atoms with Gasteiger partial charge in [-0.25, -0.2) is 9.13 Å². The summed E-state index contributed by atoms with van der Waals surface area (Å²) in [4.78, 5) is 72.8. The van der Waals surface area contributed by atoms with Gasteiger partial charge in [-0.2, -0.15) is 0 Å². The largest absolute Gasteiger partial charge is 0.472 e. The van der Waals surface area contributed by atoms with Gasteiger partial charge in [0.1, 0.15) is 19.3 Å². The van der Waals surface area contributed by atoms with Crippen molar-refractivity contribution in [3.8, 4) is 0 Å². The monoisotopic (exact) mass is 1410 g/mol. The van der Waals surface area contributed by atoms with Crippen LogP contribution in [-0.2, 0) is 65.4 Å². The Labute approximate surface area is 588 Å². The first-order valence-electron chi connectivity index (χ1n) is 39.7. The molecule has 96 heavy (non-hydrogen) atoms. The second-order valence-corrected chi connectivity index (χ2v) is 32.3. The Morgan fingerprint density at radius 2 is 0.500 bits per heavy atom. The van der Waals surface area contributed by atoms with Crippen molar-refractivity contribution in [1.82, 2.24) is 0 Å². The third-order valence-corrected chi connectivity index (χ3v) is 20.1. The maximum atomic E-state index is 13.1. The number of carbonyl (C=O) groups excluding carboxylic acids is 4. The normalized spacial score (nSPS) is 14.4. The molecule has 19 heteroatoms. The molecule has 3 N–H and O–H groups in total. The standard InChI is InChI=1S/C77H150O17P2/c1-9-70(8)56-48-40-35-36-44-52-60-77(82)94-73(64-87-74(79)57-49-41-32-26-22-17-15-13-11-10-12-14-16-20-24-29-37-45-53-67(2)3)66-92-96(85,86)90-62-71(78)61-89-95(83,84)91-65-72(63-88-75(80)58-50-42-34-28-31-39-47-55-69(6)7)93-76(81)59-51-43-33-27-23-19-18-21-25-30-38-46-54-68(4)5/h67-73,78H,9-66H2,1-8H3,(H,83,84)(H,85,86)/t70?,71?,72-,73-/m1/s1. The van der Waals surface area contributed by atoms with Gasteiger partial charge in [0.15, 0.2) is 12.2 Å². The molecule has 4 unspecified atom stereocenters. The number of hydrogen-bond donors (Lipinski definition) is 3. The summed E-state index contributed by atoms with van der Waals surface area (Å²) in [5.41, 5.74) is 0. The van der Waals surface area contributed by atoms with Crippen LogP contribution in [0.5, 0.6) is 0 Å². The van der Waals surface area contributed by atoms with Gasteiger partial charge in [-0.05, 0) is 49.4 Å². The van der Waals surface area contributed by atoms with Crippen LogP contribution in [0.25, 0.3) is 0 Å². The second kappa shape index (κ2) is 66.3. The number of hydrogen-bond acceptors (Lipinski definition) is 15. The highest BCUT2D eigenvalue weighted by Crippen LogP contribution is 2.45. The van der Waals surface area contributed by atoms with Crippen LogP contribution < -0.4 is 0 Å². The van der Waals surface area contributed by atoms with E-state index in [4.69, 9.17) is 37.0 Å². The summed E-state index contributed by atoms with van der Waals surface area (Å²) in [5, 5.41) is 10.6. The van der Waals surface area contributed by atoms with Gasteiger partial charge in [-0.1, -0.05) is 338 Å². The summed E-state index contributed by atoms with van der Waals surface area (Å²) in [6, 6.07) is 0. The lowest BCUT2D eigenvalue weighted by Gasteiger charge is -2.21. The van der Waals surface area contributed by atoms with Crippen LogP contribution in [0.3, 0.4) is 0 Å². The zero-order valence-electron chi connectivity index (χ0n) is 63.0. The summed E-state index contributed by atoms with van der Waals surface area (Å²) in [5.74, 6) is 0.901. The Balaban J connectivity index is 5.15. The van der Waals surface area contributed by atoms with E-state index < -0.39 is 97.5 Å². The number of esters is 4. The van der Waals surface area contributed by atoms with E-state index in [1.807, 2.05) is 0 Å². The zero-order chi connectivity index (χ0) is 71.0. The Morgan fingerprint density at radius 3 is 0.740 bits per heavy atom. The van der Waals surface area contributed by atoms with Gasteiger partial charge in [-0.15, -0.1) is 0 Å². The number of aliphatic hydroxyl groups is 1. The molecule has 6 atom stereocenters. The van der Waals surface area contributed by atoms with Crippen molar-refractivity contribution in [3.05, 3.63) is 0 Å². The van der Waals surface area contributed by atoms with Gasteiger partial charge < -0.3 is 33.8 Å². The predicted molar refractivity (Wildman–Crippen MR) is 391 cm³/mol. The van der Waals surface area contributed by atoms with E-state index in [1.165, 1.54) is 186 Å². The molecule has 0 aliphatic carbocycles. The number of rotatable bonds is 74. The van der Waals surface area contributed by atoms with E-state index >= 15 is 0 Å². The highest BCUT2D eigenvalue weighted by atomic mass is 31.2. The van der Waals surface area contributed by atoms with Gasteiger partial charge in [0.2, 0.25) is 0 Å². The van der Waals surface area contributed by atoms with Crippen molar-refractivity contribution in [2.75, 3.05) is 39.6 Å². The molecule has 0 amide bonds. The van der Waals surface area contributed by atoms with Crippen molar-refractivity contribution >= 4 is 39.5 Å². The predicted octanol–water partition coefficient (Wildman–Crippen LogP) is 22.4. The molecule has 0 radical (unpaired) electrons. The number of phosphoric ester groups is 2. The third kappa shape index (κ3) is 69.2. The number of carbonyl (C=O) groups is 4. The fourth-order valence-corrected chi connectivity index (χ4v) is 13.3. The molecule has 0 saturated heterocycles. The highest BCUT2D eigenvalue weighted by molar-refractivity contribution is 7.47. The van der Waals surface area contributed by atoms with Crippen LogP contribution >= 0.6 is 15.6 Å². The summed E-state index contributed by atoms with van der Waals surface area (Å²) < 4.78 is 68.5. The van der Waals surface area contributed by atoms with Crippen LogP contribution in [0, 0.1) is 23.7 Å². The molecule has 17 nitrogen and oxygen atoms in total. The molecule has 0 spiro atoms. The average molecular weight is 1410 g/mol. The lowest BCUT2D eigenvalue weighted by atomic mass is 10.00. The fraction of sp³-hybridized carbons (Fsp3) is 0.948. The van der Waals surface area contributed by atoms with Crippen molar-refractivity contribution in [3.63, 3.8) is 0 Å². The Bertz CT molecular complexity index is 1890. The van der Waals surface area contributed by atoms with Crippen molar-refractivity contribution in [1.29, 1.82) is 0 Å². The zero-order valence-corrected chi connectivity index (χ0v) is 64.8. The van der Waals surface area contributed by atoms with E-state index in [1.54, 1.807) is 0 Å². The second-order valence-electron chi connectivity index (χ2n) is 29.4. The van der Waals surface area contributed by atoms with Gasteiger partial charge >= 0.3 is 39.5 Å². The van der Waals surface area contributed by atoms with E-state index in [2.05, 4.69) is 55.4 Å². The molecule has 0 heterocycles. The lowest BCUT2D eigenvalue weighted by molar-refractivity contribution is -0.161. The lowest BCUT2D eigenvalue weighted by Crippen LogP contribution is -2.30. The maximum Gasteiger partial charge on any atom is 0.472 e. The van der Waals surface area contributed by atoms with Gasteiger partial charge in [0.05, 0.1) is 26.4 Å². The Hall–Kier alpha value is -1.94. The Morgan fingerprint density at radius 1 is 0.292 bits per heavy atom. The number of phosphoric acid groups is 2. The van der Waals surface area contributed by atoms with Crippen LogP contribution in [0.1, 0.15) is 389 Å². The number of aliphatic hydroxyl groups excluding tert-OH is 1. The minimum absolute atomic E-state index is 0.103. The number of ether oxygens (including phenoxy) is 4. The quantitative estimate of drug-likeness (QED) is 0.0222. The summed E-state index contributed by atoms with van der Waals surface area (Å²) >= 11 is 0. The van der Waals surface area contributed by atoms with E-state index in [0.29, 0.717) is 31.6 Å². The molecule has 0 aliphatic heterocycles. The Kier molecular flexibility index (Phi) is 65.0. The van der Waals surface area contributed by atoms with Crippen LogP contribution in [-0.4, -0.2) is 96.7 Å². The first-order valence-corrected chi connectivity index (χ1v) is 42.7.